The standard InChI is InChI=1S/C13H16N6O4/c1-13(22)11(21)9(5-20)23-12(13)19-4-8-10-6(2-14-8)16-18-15-3-7(10)17-19/h2-4,9,11-12,16,18,20-22H,5H2,1H3/t9-,11-,12-,13-/m1/s1. The van der Waals surface area contributed by atoms with Crippen LogP contribution in [-0.2, 0) is 4.74 Å². The van der Waals surface area contributed by atoms with Crippen molar-refractivity contribution < 1.29 is 20.1 Å². The fourth-order valence-corrected chi connectivity index (χ4v) is 2.96. The minimum absolute atomic E-state index is 0.405. The van der Waals surface area contributed by atoms with Gasteiger partial charge in [-0.15, -0.1) is 0 Å². The van der Waals surface area contributed by atoms with Gasteiger partial charge in [0.05, 0.1) is 41.6 Å². The molecule has 0 aliphatic carbocycles. The Kier molecular flexibility index (Phi) is 3.03. The molecule has 1 saturated heterocycles. The summed E-state index contributed by atoms with van der Waals surface area (Å²) < 4.78 is 6.97. The van der Waals surface area contributed by atoms with Crippen molar-refractivity contribution in [2.45, 2.75) is 31.0 Å². The fourth-order valence-electron chi connectivity index (χ4n) is 2.96. The van der Waals surface area contributed by atoms with Crippen LogP contribution >= 0.6 is 0 Å². The maximum Gasteiger partial charge on any atom is 0.181 e. The second kappa shape index (κ2) is 4.86. The lowest BCUT2D eigenvalue weighted by Crippen LogP contribution is -2.44. The number of nitrogens with zero attached hydrogens (tertiary/aromatic N) is 4. The van der Waals surface area contributed by atoms with Crippen molar-refractivity contribution in [2.75, 3.05) is 6.61 Å². The van der Waals surface area contributed by atoms with E-state index in [1.165, 1.54) is 17.8 Å². The Balaban J connectivity index is 1.90. The molecule has 4 heterocycles. The zero-order valence-electron chi connectivity index (χ0n) is 12.2. The topological polar surface area (TPSA) is 145 Å². The van der Waals surface area contributed by atoms with E-state index in [-0.39, 0.29) is 0 Å². The molecular weight excluding hydrogens is 304 g/mol. The molecule has 5 N–H and O–H groups in total. The Morgan fingerprint density at radius 3 is 2.96 bits per heavy atom. The largest absolute Gasteiger partial charge is 0.394 e. The molecule has 10 nitrogen and oxygen atoms in total. The second-order valence-corrected chi connectivity index (χ2v) is 5.80. The quantitative estimate of drug-likeness (QED) is 0.415. The average molecular weight is 320 g/mol. The normalized spacial score (nSPS) is 31.2. The van der Waals surface area contributed by atoms with Crippen LogP contribution in [0.4, 0.5) is 0 Å². The Labute approximate surface area is 129 Å². The van der Waals surface area contributed by atoms with Crippen molar-refractivity contribution in [2.24, 2.45) is 0 Å². The number of aliphatic hydroxyl groups is 3. The number of nitrogens with one attached hydrogen (secondary N) is 2. The van der Waals surface area contributed by atoms with Gasteiger partial charge in [-0.05, 0) is 6.92 Å². The monoisotopic (exact) mass is 320 g/mol. The molecule has 1 fully saturated rings. The number of hydrogen-bond donors (Lipinski definition) is 5. The molecule has 23 heavy (non-hydrogen) atoms. The molecule has 3 aromatic heterocycles. The van der Waals surface area contributed by atoms with E-state index in [0.29, 0.717) is 11.0 Å². The molecule has 0 spiro atoms. The molecule has 1 aliphatic rings. The third-order valence-corrected chi connectivity index (χ3v) is 4.21. The highest BCUT2D eigenvalue weighted by molar-refractivity contribution is 6.04. The van der Waals surface area contributed by atoms with Crippen molar-refractivity contribution in [3.05, 3.63) is 18.6 Å². The minimum Gasteiger partial charge on any atom is -0.394 e. The van der Waals surface area contributed by atoms with E-state index >= 15 is 0 Å². The predicted molar refractivity (Wildman–Crippen MR) is 78.0 cm³/mol. The number of aromatic nitrogens is 6. The van der Waals surface area contributed by atoms with E-state index in [9.17, 15) is 15.3 Å². The Hall–Kier alpha value is -2.27. The molecule has 0 unspecified atom stereocenters. The van der Waals surface area contributed by atoms with Gasteiger partial charge in [-0.25, -0.2) is 9.90 Å². The zero-order chi connectivity index (χ0) is 16.2. The Morgan fingerprint density at radius 2 is 2.22 bits per heavy atom. The minimum atomic E-state index is -1.61. The van der Waals surface area contributed by atoms with Crippen molar-refractivity contribution in [1.82, 2.24) is 30.2 Å². The molecule has 122 valence electrons. The van der Waals surface area contributed by atoms with Gasteiger partial charge in [-0.3, -0.25) is 10.1 Å². The van der Waals surface area contributed by atoms with Gasteiger partial charge in [0.2, 0.25) is 0 Å². The number of hydrogen-bond acceptors (Lipinski definition) is 7. The molecule has 4 rings (SSSR count). The van der Waals surface area contributed by atoms with Crippen LogP contribution in [0.5, 0.6) is 0 Å². The van der Waals surface area contributed by atoms with Crippen LogP contribution in [0.1, 0.15) is 13.2 Å². The summed E-state index contributed by atoms with van der Waals surface area (Å²) in [5.41, 5.74) is 0.293. The number of ether oxygens (including phenoxy) is 1. The summed E-state index contributed by atoms with van der Waals surface area (Å²) in [5, 5.41) is 44.6. The first-order valence-electron chi connectivity index (χ1n) is 7.11. The molecule has 4 atom stereocenters. The van der Waals surface area contributed by atoms with E-state index < -0.39 is 30.6 Å². The number of aromatic amines is 2. The van der Waals surface area contributed by atoms with Gasteiger partial charge < -0.3 is 20.1 Å². The van der Waals surface area contributed by atoms with Gasteiger partial charge in [0.15, 0.2) is 6.23 Å². The van der Waals surface area contributed by atoms with Gasteiger partial charge in [0.1, 0.15) is 23.3 Å². The van der Waals surface area contributed by atoms with Crippen LogP contribution in [0.25, 0.3) is 21.9 Å². The Morgan fingerprint density at radius 1 is 1.39 bits per heavy atom. The third kappa shape index (κ3) is 2.00. The molecule has 0 radical (unpaired) electrons. The maximum atomic E-state index is 10.6. The van der Waals surface area contributed by atoms with Crippen molar-refractivity contribution >= 4 is 21.9 Å². The molecule has 1 aliphatic heterocycles. The highest BCUT2D eigenvalue weighted by Gasteiger charge is 2.53. The number of aliphatic hydroxyl groups excluding tert-OH is 2. The van der Waals surface area contributed by atoms with Crippen LogP contribution in [0.2, 0.25) is 0 Å². The summed E-state index contributed by atoms with van der Waals surface area (Å²) in [6.45, 7) is 1.03. The SMILES string of the molecule is C[C@@]1(O)[C@H](O)[C@@H](CO)O[C@H]1n1cc2ncc3[nH][nH]ncc(n1)c23. The lowest BCUT2D eigenvalue weighted by Gasteiger charge is -2.27. The summed E-state index contributed by atoms with van der Waals surface area (Å²) in [7, 11) is 0. The second-order valence-electron chi connectivity index (χ2n) is 5.80. The lowest BCUT2D eigenvalue weighted by molar-refractivity contribution is -0.102. The molecular formula is C13H16N6O4. The van der Waals surface area contributed by atoms with Gasteiger partial charge in [-0.1, -0.05) is 0 Å². The summed E-state index contributed by atoms with van der Waals surface area (Å²) in [5.74, 6) is 0. The van der Waals surface area contributed by atoms with E-state index in [2.05, 4.69) is 25.5 Å². The van der Waals surface area contributed by atoms with Gasteiger partial charge in [-0.2, -0.15) is 10.2 Å². The predicted octanol–water partition coefficient (Wildman–Crippen LogP) is -0.801. The molecule has 0 aromatic carbocycles. The molecule has 0 amide bonds. The van der Waals surface area contributed by atoms with E-state index in [1.54, 1.807) is 12.4 Å². The number of rotatable bonds is 2. The first-order valence-corrected chi connectivity index (χ1v) is 7.11. The van der Waals surface area contributed by atoms with Gasteiger partial charge >= 0.3 is 0 Å². The lowest BCUT2D eigenvalue weighted by atomic mass is 9.97. The van der Waals surface area contributed by atoms with Crippen LogP contribution in [-0.4, -0.2) is 69.9 Å². The summed E-state index contributed by atoms with van der Waals surface area (Å²) in [6.07, 6.45) is 1.69. The summed E-state index contributed by atoms with van der Waals surface area (Å²) >= 11 is 0. The number of H-pyrrole nitrogens is 2. The van der Waals surface area contributed by atoms with Crippen LogP contribution in [0, 0.1) is 0 Å². The van der Waals surface area contributed by atoms with Crippen molar-refractivity contribution in [3.8, 4) is 0 Å². The summed E-state index contributed by atoms with van der Waals surface area (Å²) in [4.78, 5) is 4.30. The molecule has 0 saturated carbocycles. The molecule has 3 aromatic rings. The van der Waals surface area contributed by atoms with E-state index in [0.717, 1.165) is 10.9 Å². The summed E-state index contributed by atoms with van der Waals surface area (Å²) in [6, 6.07) is 0. The van der Waals surface area contributed by atoms with Crippen LogP contribution < -0.4 is 0 Å². The first-order chi connectivity index (χ1) is 11.0. The van der Waals surface area contributed by atoms with Gasteiger partial charge in [0, 0.05) is 0 Å². The van der Waals surface area contributed by atoms with Crippen LogP contribution in [0.15, 0.2) is 18.6 Å². The van der Waals surface area contributed by atoms with E-state index in [1.807, 2.05) is 0 Å². The van der Waals surface area contributed by atoms with Crippen molar-refractivity contribution in [3.63, 3.8) is 0 Å². The fraction of sp³-hybridized carbons (Fsp3) is 0.462. The maximum absolute atomic E-state index is 10.6. The highest BCUT2D eigenvalue weighted by atomic mass is 16.6. The first kappa shape index (κ1) is 14.3. The molecule has 0 bridgehead atoms. The zero-order valence-corrected chi connectivity index (χ0v) is 12.2. The van der Waals surface area contributed by atoms with Crippen molar-refractivity contribution in [1.29, 1.82) is 0 Å². The third-order valence-electron chi connectivity index (χ3n) is 4.21. The Bertz CT molecular complexity index is 881. The average Bonchev–Trinajstić information content (AvgIpc) is 2.94. The van der Waals surface area contributed by atoms with Crippen LogP contribution in [0.3, 0.4) is 0 Å². The smallest absolute Gasteiger partial charge is 0.181 e. The highest BCUT2D eigenvalue weighted by Crippen LogP contribution is 2.38. The van der Waals surface area contributed by atoms with Gasteiger partial charge in [0.25, 0.3) is 0 Å². The van der Waals surface area contributed by atoms with E-state index in [4.69, 9.17) is 4.74 Å². The molecule has 10 heteroatoms.